The van der Waals surface area contributed by atoms with Gasteiger partial charge in [0.25, 0.3) is 0 Å². The molecule has 3 saturated carbocycles. The van der Waals surface area contributed by atoms with Gasteiger partial charge < -0.3 is 16.0 Å². The molecule has 0 radical (unpaired) electrons. The van der Waals surface area contributed by atoms with Crippen LogP contribution < -0.4 is 11.1 Å². The lowest BCUT2D eigenvalue weighted by atomic mass is 9.65. The van der Waals surface area contributed by atoms with Crippen LogP contribution in [0.1, 0.15) is 70.6 Å². The number of halogens is 1. The zero-order valence-electron chi connectivity index (χ0n) is 15.7. The Morgan fingerprint density at radius 3 is 2.31 bits per heavy atom. The van der Waals surface area contributed by atoms with Crippen molar-refractivity contribution in [3.63, 3.8) is 0 Å². The van der Waals surface area contributed by atoms with E-state index in [0.29, 0.717) is 36.9 Å². The minimum atomic E-state index is 0. The molecule has 0 aromatic carbocycles. The van der Waals surface area contributed by atoms with Crippen molar-refractivity contribution in [2.75, 3.05) is 6.54 Å². The molecule has 4 fully saturated rings. The lowest BCUT2D eigenvalue weighted by molar-refractivity contribution is -0.130. The summed E-state index contributed by atoms with van der Waals surface area (Å²) in [7, 11) is 0. The number of hydrogen-bond acceptors (Lipinski definition) is 3. The van der Waals surface area contributed by atoms with Crippen molar-refractivity contribution in [1.82, 2.24) is 10.2 Å². The van der Waals surface area contributed by atoms with Gasteiger partial charge >= 0.3 is 0 Å². The first-order valence-electron chi connectivity index (χ1n) is 10.5. The molecule has 0 aromatic rings. The lowest BCUT2D eigenvalue weighted by Gasteiger charge is -2.43. The van der Waals surface area contributed by atoms with Gasteiger partial charge in [-0.15, -0.1) is 12.4 Å². The molecule has 4 rings (SSSR count). The van der Waals surface area contributed by atoms with Crippen molar-refractivity contribution in [2.45, 2.75) is 88.8 Å². The Labute approximate surface area is 163 Å². The van der Waals surface area contributed by atoms with E-state index in [0.717, 1.165) is 25.7 Å². The maximum Gasteiger partial charge on any atom is 0.225 e. The molecule has 3 N–H and O–H groups in total. The Balaban J connectivity index is 0.00000196. The van der Waals surface area contributed by atoms with Crippen LogP contribution in [0, 0.1) is 17.8 Å². The molecule has 26 heavy (non-hydrogen) atoms. The van der Waals surface area contributed by atoms with Gasteiger partial charge in [0.05, 0.1) is 6.04 Å². The van der Waals surface area contributed by atoms with Crippen LogP contribution in [-0.4, -0.2) is 41.4 Å². The highest BCUT2D eigenvalue weighted by Gasteiger charge is 2.42. The van der Waals surface area contributed by atoms with Gasteiger partial charge in [-0.05, 0) is 50.4 Å². The summed E-state index contributed by atoms with van der Waals surface area (Å²) in [5.41, 5.74) is 6.35. The van der Waals surface area contributed by atoms with Crippen molar-refractivity contribution < 1.29 is 9.59 Å². The number of carbonyl (C=O) groups excluding carboxylic acids is 2. The van der Waals surface area contributed by atoms with Gasteiger partial charge in [0.2, 0.25) is 11.8 Å². The van der Waals surface area contributed by atoms with E-state index >= 15 is 0 Å². The lowest BCUT2D eigenvalue weighted by Crippen LogP contribution is -2.50. The molecule has 2 bridgehead atoms. The second-order valence-electron chi connectivity index (χ2n) is 8.94. The van der Waals surface area contributed by atoms with Crippen molar-refractivity contribution >= 4 is 24.2 Å². The van der Waals surface area contributed by atoms with E-state index in [1.165, 1.54) is 38.5 Å². The van der Waals surface area contributed by atoms with Gasteiger partial charge in [-0.25, -0.2) is 0 Å². The Bertz CT molecular complexity index is 509. The highest BCUT2D eigenvalue weighted by Crippen LogP contribution is 2.42. The summed E-state index contributed by atoms with van der Waals surface area (Å²) in [5, 5.41) is 3.21. The van der Waals surface area contributed by atoms with E-state index in [9.17, 15) is 9.59 Å². The summed E-state index contributed by atoms with van der Waals surface area (Å²) in [5.74, 6) is 1.56. The molecule has 6 heteroatoms. The molecular formula is C20H34ClN3O2. The fourth-order valence-corrected chi connectivity index (χ4v) is 5.90. The summed E-state index contributed by atoms with van der Waals surface area (Å²) < 4.78 is 0. The van der Waals surface area contributed by atoms with E-state index in [1.54, 1.807) is 0 Å². The summed E-state index contributed by atoms with van der Waals surface area (Å²) in [4.78, 5) is 27.3. The van der Waals surface area contributed by atoms with Crippen LogP contribution in [0.4, 0.5) is 0 Å². The first-order chi connectivity index (χ1) is 12.1. The van der Waals surface area contributed by atoms with E-state index in [2.05, 4.69) is 10.2 Å². The normalized spacial score (nSPS) is 38.0. The third-order valence-corrected chi connectivity index (χ3v) is 7.30. The highest BCUT2D eigenvalue weighted by molar-refractivity contribution is 5.85. The average Bonchev–Trinajstić information content (AvgIpc) is 2.95. The maximum atomic E-state index is 12.8. The van der Waals surface area contributed by atoms with Crippen LogP contribution in [0.25, 0.3) is 0 Å². The summed E-state index contributed by atoms with van der Waals surface area (Å²) in [6.45, 7) is 0.717. The number of carbonyl (C=O) groups is 2. The number of amides is 2. The van der Waals surface area contributed by atoms with Crippen molar-refractivity contribution in [3.05, 3.63) is 0 Å². The monoisotopic (exact) mass is 383 g/mol. The molecular weight excluding hydrogens is 350 g/mol. The van der Waals surface area contributed by atoms with Gasteiger partial charge in [0, 0.05) is 31.0 Å². The fraction of sp³-hybridized carbons (Fsp3) is 0.900. The molecule has 4 aliphatic rings. The molecule has 3 unspecified atom stereocenters. The predicted molar refractivity (Wildman–Crippen MR) is 104 cm³/mol. The number of hydrogen-bond donors (Lipinski definition) is 2. The van der Waals surface area contributed by atoms with Crippen molar-refractivity contribution in [2.24, 2.45) is 23.5 Å². The van der Waals surface area contributed by atoms with Crippen LogP contribution in [0.2, 0.25) is 0 Å². The SMILES string of the molecule is Cl.NC1C2CCCC1CC(C(=O)NC1CC(=O)N(C3CCCCC3)C1)C2. The maximum absolute atomic E-state index is 12.8. The third-order valence-electron chi connectivity index (χ3n) is 7.30. The van der Waals surface area contributed by atoms with Crippen LogP contribution in [0.3, 0.4) is 0 Å². The van der Waals surface area contributed by atoms with Crippen LogP contribution >= 0.6 is 12.4 Å². The summed E-state index contributed by atoms with van der Waals surface area (Å²) in [6.07, 6.45) is 12.0. The van der Waals surface area contributed by atoms with Crippen molar-refractivity contribution in [3.8, 4) is 0 Å². The third kappa shape index (κ3) is 4.04. The molecule has 1 saturated heterocycles. The zero-order valence-corrected chi connectivity index (χ0v) is 16.5. The minimum Gasteiger partial charge on any atom is -0.351 e. The van der Waals surface area contributed by atoms with Gasteiger partial charge in [-0.1, -0.05) is 25.7 Å². The number of likely N-dealkylation sites (tertiary alicyclic amines) is 1. The molecule has 2 amide bonds. The topological polar surface area (TPSA) is 75.4 Å². The van der Waals surface area contributed by atoms with Gasteiger partial charge in [-0.3, -0.25) is 9.59 Å². The molecule has 0 spiro atoms. The van der Waals surface area contributed by atoms with Crippen LogP contribution in [-0.2, 0) is 9.59 Å². The van der Waals surface area contributed by atoms with Gasteiger partial charge in [0.15, 0.2) is 0 Å². The molecule has 5 nitrogen and oxygen atoms in total. The largest absolute Gasteiger partial charge is 0.351 e. The second-order valence-corrected chi connectivity index (χ2v) is 8.94. The molecule has 3 atom stereocenters. The Kier molecular flexibility index (Phi) is 6.50. The number of fused-ring (bicyclic) bond motifs is 2. The van der Waals surface area contributed by atoms with E-state index in [1.807, 2.05) is 0 Å². The van der Waals surface area contributed by atoms with E-state index in [4.69, 9.17) is 5.73 Å². The fourth-order valence-electron chi connectivity index (χ4n) is 5.90. The molecule has 1 aliphatic heterocycles. The van der Waals surface area contributed by atoms with E-state index in [-0.39, 0.29) is 36.2 Å². The zero-order chi connectivity index (χ0) is 17.4. The Morgan fingerprint density at radius 1 is 1.00 bits per heavy atom. The first kappa shape index (κ1) is 19.9. The van der Waals surface area contributed by atoms with Gasteiger partial charge in [0.1, 0.15) is 0 Å². The number of nitrogens with one attached hydrogen (secondary N) is 1. The highest BCUT2D eigenvalue weighted by atomic mass is 35.5. The van der Waals surface area contributed by atoms with Gasteiger partial charge in [-0.2, -0.15) is 0 Å². The predicted octanol–water partition coefficient (Wildman–Crippen LogP) is 2.61. The first-order valence-corrected chi connectivity index (χ1v) is 10.5. The standard InChI is InChI=1S/C20H33N3O2.ClH/c21-19-13-5-4-6-14(19)10-15(9-13)20(25)22-16-11-18(24)23(12-16)17-7-2-1-3-8-17;/h13-17,19H,1-12,21H2,(H,22,25);1H. The van der Waals surface area contributed by atoms with Crippen LogP contribution in [0.15, 0.2) is 0 Å². The Hall–Kier alpha value is -0.810. The summed E-state index contributed by atoms with van der Waals surface area (Å²) in [6, 6.07) is 0.722. The van der Waals surface area contributed by atoms with Crippen molar-refractivity contribution in [1.29, 1.82) is 0 Å². The number of rotatable bonds is 3. The Morgan fingerprint density at radius 2 is 1.65 bits per heavy atom. The number of nitrogens with zero attached hydrogens (tertiary/aromatic N) is 1. The minimum absolute atomic E-state index is 0. The smallest absolute Gasteiger partial charge is 0.225 e. The molecule has 3 aliphatic carbocycles. The molecule has 148 valence electrons. The average molecular weight is 384 g/mol. The second kappa shape index (κ2) is 8.47. The van der Waals surface area contributed by atoms with E-state index < -0.39 is 0 Å². The van der Waals surface area contributed by atoms with Crippen LogP contribution in [0.5, 0.6) is 0 Å². The molecule has 0 aromatic heterocycles. The quantitative estimate of drug-likeness (QED) is 0.786. The molecule has 1 heterocycles. The number of nitrogens with two attached hydrogens (primary N) is 1. The summed E-state index contributed by atoms with van der Waals surface area (Å²) >= 11 is 0.